The molecule has 2 aromatic carbocycles. The van der Waals surface area contributed by atoms with Crippen LogP contribution in [-0.2, 0) is 30.5 Å². The molecule has 0 aliphatic heterocycles. The Bertz CT molecular complexity index is 1420. The van der Waals surface area contributed by atoms with Gasteiger partial charge in [0, 0.05) is 20.3 Å². The number of likely N-dealkylation sites (N-methyl/N-ethyl adjacent to an activating group) is 1. The minimum Gasteiger partial charge on any atom is -0.444 e. The lowest BCUT2D eigenvalue weighted by Crippen LogP contribution is -2.59. The zero-order valence-electron chi connectivity index (χ0n) is 26.3. The molecule has 0 aliphatic rings. The third-order valence-corrected chi connectivity index (χ3v) is 6.34. The summed E-state index contributed by atoms with van der Waals surface area (Å²) in [6, 6.07) is 16.8. The average molecular weight is 607 g/mol. The van der Waals surface area contributed by atoms with E-state index in [1.165, 1.54) is 25.1 Å². The summed E-state index contributed by atoms with van der Waals surface area (Å²) in [7, 11) is 3.33. The van der Waals surface area contributed by atoms with E-state index in [0.29, 0.717) is 0 Å². The summed E-state index contributed by atoms with van der Waals surface area (Å²) in [5, 5.41) is 7.93. The summed E-state index contributed by atoms with van der Waals surface area (Å²) < 4.78 is 12.7. The van der Waals surface area contributed by atoms with Gasteiger partial charge in [0.25, 0.3) is 5.91 Å². The van der Waals surface area contributed by atoms with Crippen LogP contribution in [0.5, 0.6) is 0 Å². The standard InChI is InChI=1S/C32H42N6O6/c1-31(2,3)44-30(42)36-32(4,5)29(41)34-24(20-43-19-22-14-10-8-11-15-22)27(39)35-25-18-38(21-33-25)26(28(40)37(6)7)23-16-12-9-13-17-23/h8-18,21,24,26H,19-20H2,1-7H3,(H,34,41)(H,35,39)(H,36,42)/t24-,26?/m1/s1. The highest BCUT2D eigenvalue weighted by molar-refractivity contribution is 5.98. The van der Waals surface area contributed by atoms with Crippen LogP contribution < -0.4 is 16.0 Å². The van der Waals surface area contributed by atoms with Crippen LogP contribution >= 0.6 is 0 Å². The van der Waals surface area contributed by atoms with Gasteiger partial charge >= 0.3 is 6.09 Å². The molecule has 0 saturated heterocycles. The molecule has 0 saturated carbocycles. The summed E-state index contributed by atoms with van der Waals surface area (Å²) >= 11 is 0. The lowest BCUT2D eigenvalue weighted by molar-refractivity contribution is -0.131. The Kier molecular flexibility index (Phi) is 11.2. The molecule has 12 nitrogen and oxygen atoms in total. The molecule has 44 heavy (non-hydrogen) atoms. The summed E-state index contributed by atoms with van der Waals surface area (Å²) in [5.41, 5.74) is -0.538. The predicted octanol–water partition coefficient (Wildman–Crippen LogP) is 3.50. The van der Waals surface area contributed by atoms with Crippen molar-refractivity contribution in [2.45, 2.75) is 64.4 Å². The van der Waals surface area contributed by atoms with Gasteiger partial charge in [0.05, 0.1) is 19.5 Å². The molecule has 12 heteroatoms. The molecule has 3 rings (SSSR count). The topological polar surface area (TPSA) is 144 Å². The Labute approximate surface area is 258 Å². The Balaban J connectivity index is 1.78. The van der Waals surface area contributed by atoms with Crippen LogP contribution in [0.25, 0.3) is 0 Å². The second kappa shape index (κ2) is 14.6. The van der Waals surface area contributed by atoms with Crippen molar-refractivity contribution in [2.75, 3.05) is 26.0 Å². The van der Waals surface area contributed by atoms with E-state index in [1.54, 1.807) is 45.6 Å². The molecule has 0 spiro atoms. The van der Waals surface area contributed by atoms with Crippen LogP contribution in [0.15, 0.2) is 73.2 Å². The molecule has 236 valence electrons. The average Bonchev–Trinajstić information content (AvgIpc) is 3.39. The molecule has 4 amide bonds. The first-order chi connectivity index (χ1) is 20.7. The van der Waals surface area contributed by atoms with Crippen molar-refractivity contribution >= 4 is 29.6 Å². The van der Waals surface area contributed by atoms with Crippen LogP contribution in [0.2, 0.25) is 0 Å². The minimum absolute atomic E-state index is 0.165. The number of nitrogens with zero attached hydrogens (tertiary/aromatic N) is 3. The molecule has 0 aliphatic carbocycles. The van der Waals surface area contributed by atoms with Crippen molar-refractivity contribution in [1.82, 2.24) is 25.1 Å². The van der Waals surface area contributed by atoms with E-state index < -0.39 is 41.1 Å². The lowest BCUT2D eigenvalue weighted by Gasteiger charge is -2.29. The number of hydrogen-bond acceptors (Lipinski definition) is 7. The maximum Gasteiger partial charge on any atom is 0.408 e. The molecule has 1 heterocycles. The van der Waals surface area contributed by atoms with E-state index >= 15 is 0 Å². The van der Waals surface area contributed by atoms with Gasteiger partial charge in [-0.15, -0.1) is 0 Å². The van der Waals surface area contributed by atoms with Crippen LogP contribution in [0, 0.1) is 0 Å². The van der Waals surface area contributed by atoms with Crippen LogP contribution in [0.1, 0.15) is 51.8 Å². The molecule has 1 unspecified atom stereocenters. The van der Waals surface area contributed by atoms with Crippen molar-refractivity contribution in [3.05, 3.63) is 84.3 Å². The molecule has 1 aromatic heterocycles. The van der Waals surface area contributed by atoms with Gasteiger partial charge in [0.2, 0.25) is 11.8 Å². The normalized spacial score (nSPS) is 12.9. The largest absolute Gasteiger partial charge is 0.444 e. The number of nitrogens with one attached hydrogen (secondary N) is 3. The molecular weight excluding hydrogens is 564 g/mol. The van der Waals surface area contributed by atoms with E-state index in [4.69, 9.17) is 9.47 Å². The molecular formula is C32H42N6O6. The number of carbonyl (C=O) groups is 4. The first-order valence-electron chi connectivity index (χ1n) is 14.2. The molecule has 3 N–H and O–H groups in total. The number of anilines is 1. The van der Waals surface area contributed by atoms with E-state index in [2.05, 4.69) is 20.9 Å². The van der Waals surface area contributed by atoms with E-state index in [0.717, 1.165) is 11.1 Å². The number of amides is 4. The summed E-state index contributed by atoms with van der Waals surface area (Å²) in [5.74, 6) is -1.22. The zero-order chi connectivity index (χ0) is 32.5. The number of aromatic nitrogens is 2. The third kappa shape index (κ3) is 9.94. The van der Waals surface area contributed by atoms with E-state index in [-0.39, 0.29) is 24.9 Å². The van der Waals surface area contributed by atoms with Crippen molar-refractivity contribution in [3.63, 3.8) is 0 Å². The Morgan fingerprint density at radius 3 is 2.14 bits per heavy atom. The highest BCUT2D eigenvalue weighted by atomic mass is 16.6. The Hall–Kier alpha value is -4.71. The third-order valence-electron chi connectivity index (χ3n) is 6.34. The first kappa shape index (κ1) is 33.8. The van der Waals surface area contributed by atoms with Crippen LogP contribution in [-0.4, -0.2) is 76.1 Å². The number of benzene rings is 2. The second-order valence-electron chi connectivity index (χ2n) is 12.0. The highest BCUT2D eigenvalue weighted by Crippen LogP contribution is 2.22. The maximum atomic E-state index is 13.5. The number of hydrogen-bond donors (Lipinski definition) is 3. The van der Waals surface area contributed by atoms with Crippen molar-refractivity contribution < 1.29 is 28.7 Å². The number of imidazole rings is 1. The van der Waals surface area contributed by atoms with Gasteiger partial charge < -0.3 is 34.9 Å². The van der Waals surface area contributed by atoms with Crippen LogP contribution in [0.3, 0.4) is 0 Å². The van der Waals surface area contributed by atoms with Gasteiger partial charge in [-0.05, 0) is 45.7 Å². The monoisotopic (exact) mass is 606 g/mol. The van der Waals surface area contributed by atoms with Gasteiger partial charge in [-0.25, -0.2) is 9.78 Å². The van der Waals surface area contributed by atoms with E-state index in [9.17, 15) is 19.2 Å². The number of carbonyl (C=O) groups excluding carboxylic acids is 4. The molecule has 0 bridgehead atoms. The zero-order valence-corrected chi connectivity index (χ0v) is 26.3. The Morgan fingerprint density at radius 1 is 0.932 bits per heavy atom. The summed E-state index contributed by atoms with van der Waals surface area (Å²) in [6.45, 7) is 8.18. The predicted molar refractivity (Wildman–Crippen MR) is 166 cm³/mol. The number of ether oxygens (including phenoxy) is 2. The summed E-state index contributed by atoms with van der Waals surface area (Å²) in [6.07, 6.45) is 2.24. The van der Waals surface area contributed by atoms with Gasteiger partial charge in [0.1, 0.15) is 23.2 Å². The summed E-state index contributed by atoms with van der Waals surface area (Å²) in [4.78, 5) is 58.0. The SMILES string of the molecule is CN(C)C(=O)C(c1ccccc1)n1cnc(NC(=O)[C@@H](COCc2ccccc2)NC(=O)C(C)(C)NC(=O)OC(C)(C)C)c1. The van der Waals surface area contributed by atoms with Gasteiger partial charge in [-0.1, -0.05) is 60.7 Å². The lowest BCUT2D eigenvalue weighted by atomic mass is 10.0. The highest BCUT2D eigenvalue weighted by Gasteiger charge is 2.35. The van der Waals surface area contributed by atoms with Gasteiger partial charge in [-0.3, -0.25) is 14.4 Å². The quantitative estimate of drug-likeness (QED) is 0.286. The number of rotatable bonds is 12. The van der Waals surface area contributed by atoms with E-state index in [1.807, 2.05) is 60.7 Å². The second-order valence-corrected chi connectivity index (χ2v) is 12.0. The Morgan fingerprint density at radius 2 is 1.55 bits per heavy atom. The molecule has 0 fully saturated rings. The van der Waals surface area contributed by atoms with Crippen LogP contribution in [0.4, 0.5) is 10.6 Å². The van der Waals surface area contributed by atoms with Crippen molar-refractivity contribution in [1.29, 1.82) is 0 Å². The van der Waals surface area contributed by atoms with Crippen molar-refractivity contribution in [2.24, 2.45) is 0 Å². The van der Waals surface area contributed by atoms with Crippen molar-refractivity contribution in [3.8, 4) is 0 Å². The fourth-order valence-corrected chi connectivity index (χ4v) is 4.08. The first-order valence-corrected chi connectivity index (χ1v) is 14.2. The fourth-order valence-electron chi connectivity index (χ4n) is 4.08. The maximum absolute atomic E-state index is 13.5. The fraction of sp³-hybridized carbons (Fsp3) is 0.406. The van der Waals surface area contributed by atoms with Gasteiger partial charge in [0.15, 0.2) is 5.82 Å². The molecule has 3 aromatic rings. The van der Waals surface area contributed by atoms with Gasteiger partial charge in [-0.2, -0.15) is 0 Å². The molecule has 2 atom stereocenters. The smallest absolute Gasteiger partial charge is 0.408 e. The minimum atomic E-state index is -1.42. The number of alkyl carbamates (subject to hydrolysis) is 1. The molecule has 0 radical (unpaired) electrons.